The summed E-state index contributed by atoms with van der Waals surface area (Å²) in [6.07, 6.45) is 6.91. The summed E-state index contributed by atoms with van der Waals surface area (Å²) in [4.78, 5) is 11.2. The zero-order valence-electron chi connectivity index (χ0n) is 12.3. The fraction of sp³-hybridized carbons (Fsp3) is 0.471. The summed E-state index contributed by atoms with van der Waals surface area (Å²) in [6.45, 7) is 6.45. The molecule has 0 saturated heterocycles. The van der Waals surface area contributed by atoms with E-state index in [1.165, 1.54) is 12.8 Å². The van der Waals surface area contributed by atoms with E-state index >= 15 is 0 Å². The maximum atomic E-state index is 11.2. The third-order valence-corrected chi connectivity index (χ3v) is 3.41. The Morgan fingerprint density at radius 3 is 2.55 bits per heavy atom. The first-order chi connectivity index (χ1) is 9.67. The first-order valence-corrected chi connectivity index (χ1v) is 7.35. The van der Waals surface area contributed by atoms with Crippen molar-refractivity contribution in [3.63, 3.8) is 0 Å². The van der Waals surface area contributed by atoms with E-state index in [9.17, 15) is 9.90 Å². The van der Waals surface area contributed by atoms with Gasteiger partial charge in [0.25, 0.3) is 0 Å². The molecule has 0 heterocycles. The van der Waals surface area contributed by atoms with E-state index in [0.717, 1.165) is 24.0 Å². The Morgan fingerprint density at radius 2 is 2.00 bits per heavy atom. The number of carboxylic acids is 1. The molecule has 1 unspecified atom stereocenters. The van der Waals surface area contributed by atoms with Crippen molar-refractivity contribution in [3.05, 3.63) is 42.0 Å². The number of carbonyl (C=O) groups is 1. The lowest BCUT2D eigenvalue weighted by molar-refractivity contribution is -0.139. The molecule has 3 heteroatoms. The molecule has 0 spiro atoms. The van der Waals surface area contributed by atoms with Crippen LogP contribution in [0.15, 0.2) is 30.8 Å². The molecule has 1 rings (SSSR count). The van der Waals surface area contributed by atoms with Gasteiger partial charge in [0.15, 0.2) is 0 Å². The summed E-state index contributed by atoms with van der Waals surface area (Å²) in [5, 5.41) is 12.3. The lowest BCUT2D eigenvalue weighted by Crippen LogP contribution is -2.36. The van der Waals surface area contributed by atoms with Crippen molar-refractivity contribution < 1.29 is 9.90 Å². The molecule has 0 aliphatic heterocycles. The normalized spacial score (nSPS) is 12.1. The molecule has 1 aromatic carbocycles. The smallest absolute Gasteiger partial charge is 0.320 e. The average Bonchev–Trinajstić information content (AvgIpc) is 2.46. The number of nitrogens with one attached hydrogen (secondary N) is 1. The van der Waals surface area contributed by atoms with Gasteiger partial charge in [-0.25, -0.2) is 0 Å². The Labute approximate surface area is 121 Å². The topological polar surface area (TPSA) is 49.3 Å². The van der Waals surface area contributed by atoms with Crippen molar-refractivity contribution in [2.24, 2.45) is 0 Å². The molecule has 0 aromatic heterocycles. The molecule has 0 saturated carbocycles. The van der Waals surface area contributed by atoms with Crippen LogP contribution in [-0.2, 0) is 11.3 Å². The highest BCUT2D eigenvalue weighted by Gasteiger charge is 2.15. The summed E-state index contributed by atoms with van der Waals surface area (Å²) < 4.78 is 0. The maximum absolute atomic E-state index is 11.2. The van der Waals surface area contributed by atoms with Crippen LogP contribution in [0.3, 0.4) is 0 Å². The number of hydrogen-bond acceptors (Lipinski definition) is 2. The Hall–Kier alpha value is -1.61. The fourth-order valence-electron chi connectivity index (χ4n) is 2.10. The molecule has 2 N–H and O–H groups in total. The average molecular weight is 275 g/mol. The highest BCUT2D eigenvalue weighted by Crippen LogP contribution is 2.08. The minimum atomic E-state index is -0.760. The lowest BCUT2D eigenvalue weighted by atomic mass is 10.1. The van der Waals surface area contributed by atoms with Gasteiger partial charge in [0.05, 0.1) is 0 Å². The quantitative estimate of drug-likeness (QED) is 0.638. The van der Waals surface area contributed by atoms with E-state index in [1.54, 1.807) is 6.08 Å². The summed E-state index contributed by atoms with van der Waals surface area (Å²) in [5.74, 6) is -0.760. The Balaban J connectivity index is 2.40. The molecule has 0 amide bonds. The van der Waals surface area contributed by atoms with E-state index < -0.39 is 12.0 Å². The van der Waals surface area contributed by atoms with Crippen LogP contribution in [0.4, 0.5) is 0 Å². The molecule has 0 radical (unpaired) electrons. The number of rotatable bonds is 10. The van der Waals surface area contributed by atoms with Gasteiger partial charge in [-0.2, -0.15) is 0 Å². The van der Waals surface area contributed by atoms with E-state index in [2.05, 4.69) is 18.8 Å². The van der Waals surface area contributed by atoms with Gasteiger partial charge in [0.1, 0.15) is 6.04 Å². The Morgan fingerprint density at radius 1 is 1.30 bits per heavy atom. The Bertz CT molecular complexity index is 412. The zero-order valence-corrected chi connectivity index (χ0v) is 12.3. The Kier molecular flexibility index (Phi) is 7.66. The van der Waals surface area contributed by atoms with Crippen LogP contribution in [0.2, 0.25) is 0 Å². The van der Waals surface area contributed by atoms with Crippen molar-refractivity contribution in [2.45, 2.75) is 51.6 Å². The number of benzene rings is 1. The van der Waals surface area contributed by atoms with E-state index in [0.29, 0.717) is 13.0 Å². The molecule has 1 aromatic rings. The van der Waals surface area contributed by atoms with Gasteiger partial charge in [-0.05, 0) is 17.5 Å². The molecule has 110 valence electrons. The second-order valence-corrected chi connectivity index (χ2v) is 5.07. The molecule has 20 heavy (non-hydrogen) atoms. The number of hydrogen-bond donors (Lipinski definition) is 2. The fourth-order valence-corrected chi connectivity index (χ4v) is 2.10. The van der Waals surface area contributed by atoms with Crippen LogP contribution in [0, 0.1) is 0 Å². The zero-order chi connectivity index (χ0) is 14.8. The monoisotopic (exact) mass is 275 g/mol. The van der Waals surface area contributed by atoms with Crippen LogP contribution >= 0.6 is 0 Å². The molecular formula is C17H25NO2. The standard InChI is InChI=1S/C17H25NO2/c1-3-5-6-7-8-16(17(19)20)18-13-15-11-9-14(4-2)10-12-15/h4,9-12,16,18H,2-3,5-8,13H2,1H3,(H,19,20). The highest BCUT2D eigenvalue weighted by molar-refractivity contribution is 5.73. The summed E-state index contributed by atoms with van der Waals surface area (Å²) in [5.41, 5.74) is 2.17. The minimum Gasteiger partial charge on any atom is -0.480 e. The molecule has 1 atom stereocenters. The van der Waals surface area contributed by atoms with Gasteiger partial charge in [-0.3, -0.25) is 4.79 Å². The second-order valence-electron chi connectivity index (χ2n) is 5.07. The molecule has 0 aliphatic rings. The first-order valence-electron chi connectivity index (χ1n) is 7.35. The third-order valence-electron chi connectivity index (χ3n) is 3.41. The van der Waals surface area contributed by atoms with Gasteiger partial charge in [0, 0.05) is 6.54 Å². The van der Waals surface area contributed by atoms with Crippen LogP contribution in [0.25, 0.3) is 6.08 Å². The van der Waals surface area contributed by atoms with E-state index in [-0.39, 0.29) is 0 Å². The second kappa shape index (κ2) is 9.32. The highest BCUT2D eigenvalue weighted by atomic mass is 16.4. The lowest BCUT2D eigenvalue weighted by Gasteiger charge is -2.14. The molecule has 0 aliphatic carbocycles. The molecule has 3 nitrogen and oxygen atoms in total. The van der Waals surface area contributed by atoms with Gasteiger partial charge in [-0.1, -0.05) is 69.5 Å². The summed E-state index contributed by atoms with van der Waals surface area (Å²) >= 11 is 0. The SMILES string of the molecule is C=Cc1ccc(CNC(CCCCCC)C(=O)O)cc1. The van der Waals surface area contributed by atoms with Gasteiger partial charge < -0.3 is 10.4 Å². The number of unbranched alkanes of at least 4 members (excludes halogenated alkanes) is 3. The number of carboxylic acid groups (broad SMARTS) is 1. The van der Waals surface area contributed by atoms with Crippen LogP contribution in [0.1, 0.15) is 50.2 Å². The first kappa shape index (κ1) is 16.4. The molecule has 0 fully saturated rings. The van der Waals surface area contributed by atoms with Gasteiger partial charge in [0.2, 0.25) is 0 Å². The van der Waals surface area contributed by atoms with Crippen LogP contribution in [0.5, 0.6) is 0 Å². The van der Waals surface area contributed by atoms with Crippen molar-refractivity contribution >= 4 is 12.0 Å². The third kappa shape index (κ3) is 6.02. The van der Waals surface area contributed by atoms with E-state index in [1.807, 2.05) is 24.3 Å². The number of aliphatic carboxylic acids is 1. The van der Waals surface area contributed by atoms with E-state index in [4.69, 9.17) is 0 Å². The maximum Gasteiger partial charge on any atom is 0.320 e. The van der Waals surface area contributed by atoms with Crippen LogP contribution in [-0.4, -0.2) is 17.1 Å². The van der Waals surface area contributed by atoms with Crippen LogP contribution < -0.4 is 5.32 Å². The van der Waals surface area contributed by atoms with Crippen molar-refractivity contribution in [3.8, 4) is 0 Å². The van der Waals surface area contributed by atoms with Crippen molar-refractivity contribution in [1.82, 2.24) is 5.32 Å². The summed E-state index contributed by atoms with van der Waals surface area (Å²) in [6, 6.07) is 7.52. The summed E-state index contributed by atoms with van der Waals surface area (Å²) in [7, 11) is 0. The van der Waals surface area contributed by atoms with Crippen molar-refractivity contribution in [1.29, 1.82) is 0 Å². The predicted molar refractivity (Wildman–Crippen MR) is 83.6 cm³/mol. The predicted octanol–water partition coefficient (Wildman–Crippen LogP) is 3.84. The van der Waals surface area contributed by atoms with Gasteiger partial charge in [-0.15, -0.1) is 0 Å². The minimum absolute atomic E-state index is 0.453. The van der Waals surface area contributed by atoms with Crippen molar-refractivity contribution in [2.75, 3.05) is 0 Å². The molecular weight excluding hydrogens is 250 g/mol. The largest absolute Gasteiger partial charge is 0.480 e. The molecule has 0 bridgehead atoms. The van der Waals surface area contributed by atoms with Gasteiger partial charge >= 0.3 is 5.97 Å².